The number of amides is 1. The Hall–Kier alpha value is -4.01. The number of benzene rings is 2. The van der Waals surface area contributed by atoms with Crippen LogP contribution in [-0.4, -0.2) is 64.6 Å². The zero-order chi connectivity index (χ0) is 34.2. The number of hydrogen-bond donors (Lipinski definition) is 0. The number of aryl methyl sites for hydroxylation is 1. The number of methoxy groups -OCH3 is 1. The number of rotatable bonds is 5. The lowest BCUT2D eigenvalue weighted by Gasteiger charge is -2.39. The van der Waals surface area contributed by atoms with Gasteiger partial charge in [0.15, 0.2) is 0 Å². The van der Waals surface area contributed by atoms with Crippen molar-refractivity contribution in [2.45, 2.75) is 105 Å². The van der Waals surface area contributed by atoms with Gasteiger partial charge in [0.2, 0.25) is 0 Å². The summed E-state index contributed by atoms with van der Waals surface area (Å²) in [6.07, 6.45) is 2.36. The molecule has 2 heterocycles. The van der Waals surface area contributed by atoms with Crippen LogP contribution < -0.4 is 4.74 Å². The molecule has 0 spiro atoms. The maximum absolute atomic E-state index is 13.2. The maximum atomic E-state index is 13.2. The van der Waals surface area contributed by atoms with Gasteiger partial charge >= 0.3 is 18.2 Å². The molecule has 0 unspecified atom stereocenters. The molecule has 1 fully saturated rings. The first kappa shape index (κ1) is 34.9. The van der Waals surface area contributed by atoms with E-state index in [1.807, 2.05) is 93.5 Å². The Kier molecular flexibility index (Phi) is 9.86. The van der Waals surface area contributed by atoms with Crippen molar-refractivity contribution in [1.29, 1.82) is 0 Å². The lowest BCUT2D eigenvalue weighted by Crippen LogP contribution is -2.45. The van der Waals surface area contributed by atoms with Gasteiger partial charge in [-0.3, -0.25) is 4.57 Å². The molecule has 2 atom stereocenters. The van der Waals surface area contributed by atoms with Gasteiger partial charge in [0.25, 0.3) is 0 Å². The van der Waals surface area contributed by atoms with E-state index < -0.39 is 22.9 Å². The molecule has 0 N–H and O–H groups in total. The average Bonchev–Trinajstić information content (AvgIpc) is 3.38. The van der Waals surface area contributed by atoms with Gasteiger partial charge in [-0.05, 0) is 123 Å². The first-order valence-electron chi connectivity index (χ1n) is 16.0. The van der Waals surface area contributed by atoms with E-state index in [1.165, 1.54) is 0 Å². The van der Waals surface area contributed by atoms with Crippen LogP contribution in [0.5, 0.6) is 5.75 Å². The monoisotopic (exact) mass is 634 g/mol. The molecule has 0 bridgehead atoms. The molecule has 4 rings (SSSR count). The predicted octanol–water partition coefficient (Wildman–Crippen LogP) is 8.28. The number of ether oxygens (including phenoxy) is 4. The van der Waals surface area contributed by atoms with Crippen LogP contribution in [0.2, 0.25) is 0 Å². The number of nitrogens with zero attached hydrogens (tertiary/aromatic N) is 2. The smallest absolute Gasteiger partial charge is 0.419 e. The SMILES string of the molecule is COc1cc(C)c2c(ccn2C(=O)OC(C)(C)C)c1C[C@@H]1CCN(C(=O)OC(C)(C)C)C[C@H]1c1ccc(C(=O)OC(C)(C)C)cc1. The molecule has 2 aromatic carbocycles. The molecule has 3 aromatic rings. The molecule has 0 aliphatic carbocycles. The maximum Gasteiger partial charge on any atom is 0.419 e. The summed E-state index contributed by atoms with van der Waals surface area (Å²) in [6, 6.07) is 11.4. The van der Waals surface area contributed by atoms with E-state index in [0.717, 1.165) is 39.8 Å². The number of aromatic nitrogens is 1. The molecule has 1 aliphatic heterocycles. The molecule has 9 heteroatoms. The summed E-state index contributed by atoms with van der Waals surface area (Å²) >= 11 is 0. The summed E-state index contributed by atoms with van der Waals surface area (Å²) in [6.45, 7) is 19.6. The predicted molar refractivity (Wildman–Crippen MR) is 179 cm³/mol. The van der Waals surface area contributed by atoms with Crippen LogP contribution in [0.25, 0.3) is 10.9 Å². The van der Waals surface area contributed by atoms with Crippen molar-refractivity contribution in [2.75, 3.05) is 20.2 Å². The first-order chi connectivity index (χ1) is 21.3. The number of esters is 1. The minimum Gasteiger partial charge on any atom is -0.496 e. The Balaban J connectivity index is 1.72. The molecule has 1 saturated heterocycles. The van der Waals surface area contributed by atoms with Gasteiger partial charge in [-0.25, -0.2) is 14.4 Å². The standard InChI is InChI=1S/C37H50N2O7/c1-23-20-30(43-11)28(27-17-19-39(31(23)27)34(42)46-37(8,9)10)21-26-16-18-38(33(41)45-36(5,6)7)22-29(26)24-12-14-25(15-13-24)32(40)44-35(2,3)4/h12-15,17,19-20,26,29H,16,18,21-22H2,1-11H3/t26-,29-/m0/s1. The van der Waals surface area contributed by atoms with Gasteiger partial charge < -0.3 is 23.8 Å². The molecular weight excluding hydrogens is 584 g/mol. The molecule has 0 radical (unpaired) electrons. The minimum atomic E-state index is -0.634. The number of carbonyl (C=O) groups is 3. The average molecular weight is 635 g/mol. The van der Waals surface area contributed by atoms with Crippen molar-refractivity contribution < 1.29 is 33.3 Å². The first-order valence-corrected chi connectivity index (χ1v) is 16.0. The Morgan fingerprint density at radius 1 is 0.826 bits per heavy atom. The zero-order valence-electron chi connectivity index (χ0n) is 29.3. The number of carbonyl (C=O) groups excluding carboxylic acids is 3. The van der Waals surface area contributed by atoms with Crippen LogP contribution in [0.15, 0.2) is 42.6 Å². The summed E-state index contributed by atoms with van der Waals surface area (Å²) in [4.78, 5) is 40.9. The normalized spacial score (nSPS) is 17.5. The topological polar surface area (TPSA) is 96.3 Å². The summed E-state index contributed by atoms with van der Waals surface area (Å²) in [5.74, 6) is 0.440. The Morgan fingerprint density at radius 3 is 1.98 bits per heavy atom. The van der Waals surface area contributed by atoms with E-state index in [0.29, 0.717) is 25.1 Å². The highest BCUT2D eigenvalue weighted by Gasteiger charge is 2.36. The molecule has 1 aromatic heterocycles. The van der Waals surface area contributed by atoms with Gasteiger partial charge in [0, 0.05) is 36.2 Å². The van der Waals surface area contributed by atoms with Crippen molar-refractivity contribution in [3.63, 3.8) is 0 Å². The number of piperidine rings is 1. The third-order valence-corrected chi connectivity index (χ3v) is 7.89. The van der Waals surface area contributed by atoms with Crippen LogP contribution in [0.4, 0.5) is 9.59 Å². The number of fused-ring (bicyclic) bond motifs is 1. The fraction of sp³-hybridized carbons (Fsp3) is 0.541. The highest BCUT2D eigenvalue weighted by molar-refractivity contribution is 5.95. The molecule has 0 saturated carbocycles. The van der Waals surface area contributed by atoms with Crippen molar-refractivity contribution in [3.05, 3.63) is 64.8 Å². The van der Waals surface area contributed by atoms with Crippen LogP contribution in [0, 0.1) is 12.8 Å². The second kappa shape index (κ2) is 13.0. The summed E-state index contributed by atoms with van der Waals surface area (Å²) in [5, 5.41) is 0.927. The molecule has 46 heavy (non-hydrogen) atoms. The van der Waals surface area contributed by atoms with Crippen LogP contribution >= 0.6 is 0 Å². The highest BCUT2D eigenvalue weighted by Crippen LogP contribution is 2.40. The van der Waals surface area contributed by atoms with E-state index in [-0.39, 0.29) is 23.9 Å². The second-order valence-electron chi connectivity index (χ2n) is 15.2. The molecule has 1 amide bonds. The fourth-order valence-electron chi connectivity index (χ4n) is 6.00. The van der Waals surface area contributed by atoms with Crippen molar-refractivity contribution in [1.82, 2.24) is 9.47 Å². The van der Waals surface area contributed by atoms with E-state index in [1.54, 1.807) is 34.9 Å². The van der Waals surface area contributed by atoms with E-state index in [2.05, 4.69) is 0 Å². The lowest BCUT2D eigenvalue weighted by molar-refractivity contribution is 0.00684. The molecule has 250 valence electrons. The quantitative estimate of drug-likeness (QED) is 0.206. The van der Waals surface area contributed by atoms with Gasteiger partial charge in [0.1, 0.15) is 22.6 Å². The largest absolute Gasteiger partial charge is 0.496 e. The third-order valence-electron chi connectivity index (χ3n) is 7.89. The summed E-state index contributed by atoms with van der Waals surface area (Å²) in [7, 11) is 1.66. The zero-order valence-corrected chi connectivity index (χ0v) is 29.3. The highest BCUT2D eigenvalue weighted by atomic mass is 16.6. The van der Waals surface area contributed by atoms with Gasteiger partial charge in [-0.15, -0.1) is 0 Å². The number of hydrogen-bond acceptors (Lipinski definition) is 7. The van der Waals surface area contributed by atoms with Gasteiger partial charge in [-0.1, -0.05) is 12.1 Å². The Morgan fingerprint density at radius 2 is 1.41 bits per heavy atom. The van der Waals surface area contributed by atoms with E-state index >= 15 is 0 Å². The molecular formula is C37H50N2O7. The van der Waals surface area contributed by atoms with Crippen molar-refractivity contribution in [2.24, 2.45) is 5.92 Å². The molecule has 9 nitrogen and oxygen atoms in total. The molecule has 1 aliphatic rings. The Labute approximate surface area is 273 Å². The van der Waals surface area contributed by atoms with Crippen molar-refractivity contribution in [3.8, 4) is 5.75 Å². The van der Waals surface area contributed by atoms with E-state index in [4.69, 9.17) is 18.9 Å². The lowest BCUT2D eigenvalue weighted by atomic mass is 9.76. The second-order valence-corrected chi connectivity index (χ2v) is 15.2. The summed E-state index contributed by atoms with van der Waals surface area (Å²) in [5.41, 5.74) is 2.33. The van der Waals surface area contributed by atoms with E-state index in [9.17, 15) is 14.4 Å². The van der Waals surface area contributed by atoms with Gasteiger partial charge in [0.05, 0.1) is 18.2 Å². The summed E-state index contributed by atoms with van der Waals surface area (Å²) < 4.78 is 24.5. The van der Waals surface area contributed by atoms with Crippen LogP contribution in [-0.2, 0) is 20.6 Å². The van der Waals surface area contributed by atoms with Crippen LogP contribution in [0.3, 0.4) is 0 Å². The fourth-order valence-corrected chi connectivity index (χ4v) is 6.00. The van der Waals surface area contributed by atoms with Crippen LogP contribution in [0.1, 0.15) is 102 Å². The minimum absolute atomic E-state index is 0.0528. The third kappa shape index (κ3) is 8.42. The van der Waals surface area contributed by atoms with Gasteiger partial charge in [-0.2, -0.15) is 0 Å². The number of likely N-dealkylation sites (tertiary alicyclic amines) is 1. The van der Waals surface area contributed by atoms with Crippen molar-refractivity contribution >= 4 is 29.1 Å². The Bertz CT molecular complexity index is 1580.